The summed E-state index contributed by atoms with van der Waals surface area (Å²) in [5, 5.41) is 5.66. The Bertz CT molecular complexity index is 712. The third kappa shape index (κ3) is 4.64. The number of carbonyl (C=O) groups excluding carboxylic acids is 2. The van der Waals surface area contributed by atoms with Crippen LogP contribution >= 0.6 is 0 Å². The van der Waals surface area contributed by atoms with Crippen molar-refractivity contribution >= 4 is 23.4 Å². The highest BCUT2D eigenvalue weighted by molar-refractivity contribution is 6.03. The predicted octanol–water partition coefficient (Wildman–Crippen LogP) is 2.50. The van der Waals surface area contributed by atoms with Crippen LogP contribution in [0.2, 0.25) is 0 Å². The Morgan fingerprint density at radius 3 is 2.54 bits per heavy atom. The van der Waals surface area contributed by atoms with Gasteiger partial charge in [-0.05, 0) is 31.2 Å². The molecule has 7 nitrogen and oxygen atoms in total. The number of carbonyl (C=O) groups is 2. The van der Waals surface area contributed by atoms with Crippen molar-refractivity contribution in [2.24, 2.45) is 0 Å². The Hall–Kier alpha value is -3.22. The average Bonchev–Trinajstić information content (AvgIpc) is 2.61. The first-order valence-electron chi connectivity index (χ1n) is 7.39. The molecule has 2 N–H and O–H groups in total. The van der Waals surface area contributed by atoms with Gasteiger partial charge in [-0.15, -0.1) is 6.58 Å². The molecule has 0 saturated heterocycles. The Morgan fingerprint density at radius 2 is 1.96 bits per heavy atom. The molecule has 1 aromatic heterocycles. The second-order valence-corrected chi connectivity index (χ2v) is 4.71. The number of benzene rings is 1. The Labute approximate surface area is 139 Å². The Balaban J connectivity index is 1.98. The smallest absolute Gasteiger partial charge is 0.338 e. The first kappa shape index (κ1) is 17.1. The molecule has 2 aromatic rings. The van der Waals surface area contributed by atoms with Gasteiger partial charge in [0.05, 0.1) is 24.6 Å². The predicted molar refractivity (Wildman–Crippen MR) is 91.1 cm³/mol. The summed E-state index contributed by atoms with van der Waals surface area (Å²) in [6, 6.07) is 6.42. The van der Waals surface area contributed by atoms with E-state index in [1.165, 1.54) is 12.4 Å². The van der Waals surface area contributed by atoms with E-state index in [9.17, 15) is 9.59 Å². The number of esters is 1. The molecule has 1 heterocycles. The molecule has 1 amide bonds. The summed E-state index contributed by atoms with van der Waals surface area (Å²) in [5.74, 6) is -0.226. The second-order valence-electron chi connectivity index (χ2n) is 4.71. The fourth-order valence-electron chi connectivity index (χ4n) is 1.81. The molecular formula is C17H18N4O3. The summed E-state index contributed by atoms with van der Waals surface area (Å²) in [7, 11) is 0. The molecule has 2 rings (SSSR count). The van der Waals surface area contributed by atoms with Gasteiger partial charge in [0.15, 0.2) is 0 Å². The molecular weight excluding hydrogens is 308 g/mol. The van der Waals surface area contributed by atoms with Gasteiger partial charge in [-0.25, -0.2) is 14.8 Å². The molecule has 0 radical (unpaired) electrons. The van der Waals surface area contributed by atoms with Gasteiger partial charge in [-0.3, -0.25) is 4.79 Å². The number of ether oxygens (including phenoxy) is 1. The van der Waals surface area contributed by atoms with Crippen LogP contribution in [0.1, 0.15) is 27.8 Å². The number of hydrogen-bond donors (Lipinski definition) is 2. The highest BCUT2D eigenvalue weighted by Crippen LogP contribution is 2.12. The van der Waals surface area contributed by atoms with Gasteiger partial charge in [0.1, 0.15) is 11.5 Å². The number of nitrogens with zero attached hydrogens (tertiary/aromatic N) is 2. The molecule has 0 aliphatic heterocycles. The summed E-state index contributed by atoms with van der Waals surface area (Å²) >= 11 is 0. The van der Waals surface area contributed by atoms with Gasteiger partial charge in [0.2, 0.25) is 0 Å². The van der Waals surface area contributed by atoms with Gasteiger partial charge in [-0.1, -0.05) is 6.08 Å². The van der Waals surface area contributed by atoms with Crippen LogP contribution in [0.4, 0.5) is 11.5 Å². The highest BCUT2D eigenvalue weighted by atomic mass is 16.5. The third-order valence-corrected chi connectivity index (χ3v) is 2.97. The van der Waals surface area contributed by atoms with E-state index in [1.54, 1.807) is 37.3 Å². The number of aromatic nitrogens is 2. The van der Waals surface area contributed by atoms with Crippen molar-refractivity contribution in [3.05, 3.63) is 60.6 Å². The minimum absolute atomic E-state index is 0.189. The van der Waals surface area contributed by atoms with Crippen LogP contribution in [-0.4, -0.2) is 35.0 Å². The van der Waals surface area contributed by atoms with Gasteiger partial charge in [0.25, 0.3) is 5.91 Å². The number of hydrogen-bond acceptors (Lipinski definition) is 6. The van der Waals surface area contributed by atoms with Crippen molar-refractivity contribution in [2.75, 3.05) is 23.8 Å². The van der Waals surface area contributed by atoms with E-state index >= 15 is 0 Å². The van der Waals surface area contributed by atoms with Gasteiger partial charge >= 0.3 is 5.97 Å². The number of nitrogens with one attached hydrogen (secondary N) is 2. The molecule has 7 heteroatoms. The van der Waals surface area contributed by atoms with E-state index in [0.29, 0.717) is 30.2 Å². The number of anilines is 2. The molecule has 0 unspecified atom stereocenters. The zero-order valence-corrected chi connectivity index (χ0v) is 13.3. The van der Waals surface area contributed by atoms with Gasteiger partial charge < -0.3 is 15.4 Å². The molecule has 24 heavy (non-hydrogen) atoms. The molecule has 1 aromatic carbocycles. The Kier molecular flexibility index (Phi) is 6.01. The maximum Gasteiger partial charge on any atom is 0.338 e. The lowest BCUT2D eigenvalue weighted by molar-refractivity contribution is 0.0526. The summed E-state index contributed by atoms with van der Waals surface area (Å²) in [6.07, 6.45) is 4.55. The van der Waals surface area contributed by atoms with Crippen LogP contribution in [0.5, 0.6) is 0 Å². The lowest BCUT2D eigenvalue weighted by atomic mass is 10.2. The van der Waals surface area contributed by atoms with E-state index in [0.717, 1.165) is 0 Å². The lowest BCUT2D eigenvalue weighted by Gasteiger charge is -2.07. The van der Waals surface area contributed by atoms with Crippen LogP contribution < -0.4 is 10.6 Å². The SMILES string of the molecule is C=CCNc1cnc(C(=O)Nc2ccc(C(=O)OCC)cc2)cn1. The summed E-state index contributed by atoms with van der Waals surface area (Å²) in [5.41, 5.74) is 1.16. The normalized spacial score (nSPS) is 9.88. The van der Waals surface area contributed by atoms with E-state index in [-0.39, 0.29) is 11.6 Å². The van der Waals surface area contributed by atoms with E-state index in [2.05, 4.69) is 27.2 Å². The van der Waals surface area contributed by atoms with Crippen molar-refractivity contribution < 1.29 is 14.3 Å². The van der Waals surface area contributed by atoms with Crippen molar-refractivity contribution in [1.82, 2.24) is 9.97 Å². The highest BCUT2D eigenvalue weighted by Gasteiger charge is 2.10. The van der Waals surface area contributed by atoms with Crippen LogP contribution in [-0.2, 0) is 4.74 Å². The fraction of sp³-hybridized carbons (Fsp3) is 0.176. The minimum Gasteiger partial charge on any atom is -0.462 e. The van der Waals surface area contributed by atoms with Crippen LogP contribution in [0.25, 0.3) is 0 Å². The molecule has 124 valence electrons. The maximum absolute atomic E-state index is 12.1. The molecule has 0 saturated carbocycles. The van der Waals surface area contributed by atoms with Crippen LogP contribution in [0.15, 0.2) is 49.3 Å². The monoisotopic (exact) mass is 326 g/mol. The van der Waals surface area contributed by atoms with Crippen molar-refractivity contribution in [1.29, 1.82) is 0 Å². The Morgan fingerprint density at radius 1 is 1.21 bits per heavy atom. The molecule has 0 atom stereocenters. The largest absolute Gasteiger partial charge is 0.462 e. The maximum atomic E-state index is 12.1. The quantitative estimate of drug-likeness (QED) is 0.600. The topological polar surface area (TPSA) is 93.2 Å². The second kappa shape index (κ2) is 8.42. The van der Waals surface area contributed by atoms with E-state index in [1.807, 2.05) is 0 Å². The van der Waals surface area contributed by atoms with Gasteiger partial charge in [0, 0.05) is 12.2 Å². The first-order valence-corrected chi connectivity index (χ1v) is 7.39. The first-order chi connectivity index (χ1) is 11.6. The minimum atomic E-state index is -0.399. The molecule has 0 bridgehead atoms. The molecule has 0 aliphatic carbocycles. The zero-order chi connectivity index (χ0) is 17.4. The zero-order valence-electron chi connectivity index (χ0n) is 13.3. The van der Waals surface area contributed by atoms with Crippen molar-refractivity contribution in [3.63, 3.8) is 0 Å². The van der Waals surface area contributed by atoms with E-state index in [4.69, 9.17) is 4.74 Å². The van der Waals surface area contributed by atoms with Crippen LogP contribution in [0, 0.1) is 0 Å². The summed E-state index contributed by atoms with van der Waals surface area (Å²) in [4.78, 5) is 31.8. The van der Waals surface area contributed by atoms with Gasteiger partial charge in [-0.2, -0.15) is 0 Å². The average molecular weight is 326 g/mol. The number of rotatable bonds is 7. The van der Waals surface area contributed by atoms with Crippen molar-refractivity contribution in [3.8, 4) is 0 Å². The molecule has 0 fully saturated rings. The summed E-state index contributed by atoms with van der Waals surface area (Å²) in [6.45, 7) is 6.21. The molecule has 0 aliphatic rings. The standard InChI is InChI=1S/C17H18N4O3/c1-3-9-18-15-11-19-14(10-20-15)16(22)21-13-7-5-12(6-8-13)17(23)24-4-2/h3,5-8,10-11H,1,4,9H2,2H3,(H,18,20)(H,21,22). The number of amides is 1. The summed E-state index contributed by atoms with van der Waals surface area (Å²) < 4.78 is 4.90. The third-order valence-electron chi connectivity index (χ3n) is 2.97. The van der Waals surface area contributed by atoms with E-state index < -0.39 is 5.97 Å². The lowest BCUT2D eigenvalue weighted by Crippen LogP contribution is -2.14. The molecule has 0 spiro atoms. The van der Waals surface area contributed by atoms with Crippen molar-refractivity contribution in [2.45, 2.75) is 6.92 Å². The van der Waals surface area contributed by atoms with Crippen LogP contribution in [0.3, 0.4) is 0 Å². The fourth-order valence-corrected chi connectivity index (χ4v) is 1.81.